The first-order valence-electron chi connectivity index (χ1n) is 15.6. The van der Waals surface area contributed by atoms with Crippen LogP contribution in [0.4, 0.5) is 11.6 Å². The van der Waals surface area contributed by atoms with Crippen molar-refractivity contribution >= 4 is 23.5 Å². The number of piperazine rings is 1. The number of ether oxygens (including phenoxy) is 2. The fraction of sp³-hybridized carbons (Fsp3) is 0.471. The molecular weight excluding hydrogens is 570 g/mol. The van der Waals surface area contributed by atoms with Crippen LogP contribution in [0, 0.1) is 0 Å². The van der Waals surface area contributed by atoms with Gasteiger partial charge in [0.25, 0.3) is 5.91 Å². The predicted molar refractivity (Wildman–Crippen MR) is 177 cm³/mol. The lowest BCUT2D eigenvalue weighted by molar-refractivity contribution is -0.153. The Kier molecular flexibility index (Phi) is 12.3. The average molecular weight is 618 g/mol. The van der Waals surface area contributed by atoms with Gasteiger partial charge in [0.2, 0.25) is 5.95 Å². The van der Waals surface area contributed by atoms with Crippen LogP contribution in [-0.2, 0) is 9.53 Å². The number of nitrogens with zero attached hydrogens (tertiary/aromatic N) is 5. The van der Waals surface area contributed by atoms with Gasteiger partial charge in [0.05, 0.1) is 0 Å². The maximum absolute atomic E-state index is 12.4. The van der Waals surface area contributed by atoms with Crippen molar-refractivity contribution in [2.24, 2.45) is 0 Å². The molecule has 1 amide bonds. The molecule has 1 aromatic heterocycles. The van der Waals surface area contributed by atoms with Crippen LogP contribution in [0.2, 0.25) is 0 Å². The number of carbonyl (C=O) groups is 2. The van der Waals surface area contributed by atoms with Gasteiger partial charge >= 0.3 is 5.97 Å². The smallest absolute Gasteiger partial charge is 0.325 e. The number of carbonyl (C=O) groups excluding carboxylic acids is 2. The number of rotatable bonds is 14. The van der Waals surface area contributed by atoms with Crippen molar-refractivity contribution in [1.29, 1.82) is 0 Å². The number of benzene rings is 2. The first-order chi connectivity index (χ1) is 21.5. The summed E-state index contributed by atoms with van der Waals surface area (Å²) in [4.78, 5) is 40.4. The topological polar surface area (TPSA) is 112 Å². The fourth-order valence-electron chi connectivity index (χ4n) is 4.89. The molecular formula is C34H47N7O4. The summed E-state index contributed by atoms with van der Waals surface area (Å²) in [7, 11) is 4.26. The van der Waals surface area contributed by atoms with E-state index >= 15 is 0 Å². The van der Waals surface area contributed by atoms with Crippen molar-refractivity contribution in [3.63, 3.8) is 0 Å². The van der Waals surface area contributed by atoms with E-state index < -0.39 is 11.6 Å². The monoisotopic (exact) mass is 617 g/mol. The molecule has 0 bridgehead atoms. The van der Waals surface area contributed by atoms with Crippen molar-refractivity contribution in [3.8, 4) is 16.9 Å². The molecule has 1 saturated heterocycles. The van der Waals surface area contributed by atoms with E-state index in [1.54, 1.807) is 45.3 Å². The standard InChI is InChI=1S/C34H47N7O4/c1-34(2,3)45-31(42)25-35-32(43)27-9-7-26(8-10-27)28-23-36-33(37-24-28)38-29-11-13-30(14-12-29)44-22-21-41-19-17-40(18-20-41)16-6-15-39(4)5/h7-14,23-24H,6,15-22,25H2,1-5H3,(H,35,43)(H,36,37,38). The molecule has 3 aromatic rings. The van der Waals surface area contributed by atoms with Crippen molar-refractivity contribution < 1.29 is 19.1 Å². The highest BCUT2D eigenvalue weighted by Crippen LogP contribution is 2.22. The van der Waals surface area contributed by atoms with E-state index in [1.807, 2.05) is 36.4 Å². The number of anilines is 2. The zero-order valence-corrected chi connectivity index (χ0v) is 27.2. The Balaban J connectivity index is 1.17. The van der Waals surface area contributed by atoms with Gasteiger partial charge in [-0.1, -0.05) is 12.1 Å². The summed E-state index contributed by atoms with van der Waals surface area (Å²) in [6.07, 6.45) is 4.68. The third-order valence-electron chi connectivity index (χ3n) is 7.28. The first kappa shape index (κ1) is 33.8. The molecule has 2 aromatic carbocycles. The molecule has 4 rings (SSSR count). The summed E-state index contributed by atoms with van der Waals surface area (Å²) in [5.74, 6) is 0.483. The van der Waals surface area contributed by atoms with E-state index in [0.717, 1.165) is 61.8 Å². The highest BCUT2D eigenvalue weighted by atomic mass is 16.6. The fourth-order valence-corrected chi connectivity index (χ4v) is 4.89. The summed E-state index contributed by atoms with van der Waals surface area (Å²) in [6, 6.07) is 14.8. The number of amides is 1. The molecule has 1 fully saturated rings. The minimum Gasteiger partial charge on any atom is -0.492 e. The van der Waals surface area contributed by atoms with Crippen molar-refractivity contribution in [3.05, 3.63) is 66.5 Å². The molecule has 1 aliphatic rings. The third kappa shape index (κ3) is 11.8. The van der Waals surface area contributed by atoms with E-state index in [4.69, 9.17) is 9.47 Å². The van der Waals surface area contributed by atoms with Crippen molar-refractivity contribution in [2.45, 2.75) is 32.8 Å². The number of hydrogen-bond acceptors (Lipinski definition) is 10. The zero-order valence-electron chi connectivity index (χ0n) is 27.2. The predicted octanol–water partition coefficient (Wildman–Crippen LogP) is 3.91. The van der Waals surface area contributed by atoms with E-state index in [9.17, 15) is 9.59 Å². The summed E-state index contributed by atoms with van der Waals surface area (Å²) in [6.45, 7) is 13.5. The quantitative estimate of drug-likeness (QED) is 0.258. The molecule has 0 saturated carbocycles. The van der Waals surface area contributed by atoms with Crippen LogP contribution in [-0.4, -0.2) is 115 Å². The van der Waals surface area contributed by atoms with E-state index in [-0.39, 0.29) is 12.5 Å². The lowest BCUT2D eigenvalue weighted by atomic mass is 10.1. The lowest BCUT2D eigenvalue weighted by Gasteiger charge is -2.34. The van der Waals surface area contributed by atoms with E-state index in [0.29, 0.717) is 18.1 Å². The Hall–Kier alpha value is -4.06. The Labute approximate surface area is 266 Å². The van der Waals surface area contributed by atoms with Crippen LogP contribution in [0.3, 0.4) is 0 Å². The number of aromatic nitrogens is 2. The molecule has 0 atom stereocenters. The third-order valence-corrected chi connectivity index (χ3v) is 7.28. The van der Waals surface area contributed by atoms with Crippen molar-refractivity contribution in [1.82, 2.24) is 30.0 Å². The SMILES string of the molecule is CN(C)CCCN1CCN(CCOc2ccc(Nc3ncc(-c4ccc(C(=O)NCC(=O)OC(C)(C)C)cc4)cn3)cc2)CC1. The largest absolute Gasteiger partial charge is 0.492 e. The molecule has 0 radical (unpaired) electrons. The molecule has 2 N–H and O–H groups in total. The molecule has 11 nitrogen and oxygen atoms in total. The Morgan fingerprint density at radius 3 is 2.09 bits per heavy atom. The minimum atomic E-state index is -0.599. The normalized spacial score (nSPS) is 14.3. The molecule has 0 aliphatic carbocycles. The van der Waals surface area contributed by atoms with Crippen LogP contribution in [0.25, 0.3) is 11.1 Å². The van der Waals surface area contributed by atoms with E-state index in [1.165, 1.54) is 13.0 Å². The highest BCUT2D eigenvalue weighted by molar-refractivity contribution is 5.96. The van der Waals surface area contributed by atoms with Gasteiger partial charge in [-0.15, -0.1) is 0 Å². The van der Waals surface area contributed by atoms with Crippen LogP contribution >= 0.6 is 0 Å². The molecule has 0 spiro atoms. The Bertz CT molecular complexity index is 1350. The summed E-state index contributed by atoms with van der Waals surface area (Å²) < 4.78 is 11.2. The minimum absolute atomic E-state index is 0.189. The maximum atomic E-state index is 12.4. The van der Waals surface area contributed by atoms with Gasteiger partial charge in [0.15, 0.2) is 0 Å². The van der Waals surface area contributed by atoms with Crippen LogP contribution in [0.15, 0.2) is 60.9 Å². The maximum Gasteiger partial charge on any atom is 0.325 e. The van der Waals surface area contributed by atoms with Crippen LogP contribution < -0.4 is 15.4 Å². The lowest BCUT2D eigenvalue weighted by Crippen LogP contribution is -2.47. The van der Waals surface area contributed by atoms with Gasteiger partial charge < -0.3 is 29.9 Å². The Morgan fingerprint density at radius 1 is 0.867 bits per heavy atom. The van der Waals surface area contributed by atoms with Crippen molar-refractivity contribution in [2.75, 3.05) is 78.4 Å². The molecule has 0 unspecified atom stereocenters. The van der Waals surface area contributed by atoms with Gasteiger partial charge in [0.1, 0.15) is 24.5 Å². The summed E-state index contributed by atoms with van der Waals surface area (Å²) in [5, 5.41) is 5.81. The molecule has 1 aliphatic heterocycles. The first-order valence-corrected chi connectivity index (χ1v) is 15.6. The second-order valence-electron chi connectivity index (χ2n) is 12.5. The average Bonchev–Trinajstić information content (AvgIpc) is 3.01. The summed E-state index contributed by atoms with van der Waals surface area (Å²) in [5.41, 5.74) is 2.39. The van der Waals surface area contributed by atoms with Gasteiger partial charge in [-0.05, 0) is 96.3 Å². The Morgan fingerprint density at radius 2 is 1.49 bits per heavy atom. The van der Waals surface area contributed by atoms with Crippen LogP contribution in [0.1, 0.15) is 37.6 Å². The second-order valence-corrected chi connectivity index (χ2v) is 12.5. The van der Waals surface area contributed by atoms with Crippen LogP contribution in [0.5, 0.6) is 5.75 Å². The number of esters is 1. The highest BCUT2D eigenvalue weighted by Gasteiger charge is 2.18. The van der Waals surface area contributed by atoms with Gasteiger partial charge in [0, 0.05) is 61.9 Å². The summed E-state index contributed by atoms with van der Waals surface area (Å²) >= 11 is 0. The van der Waals surface area contributed by atoms with Gasteiger partial charge in [-0.3, -0.25) is 14.5 Å². The van der Waals surface area contributed by atoms with Gasteiger partial charge in [-0.25, -0.2) is 9.97 Å². The molecule has 242 valence electrons. The molecule has 45 heavy (non-hydrogen) atoms. The molecule has 11 heteroatoms. The second kappa shape index (κ2) is 16.3. The number of hydrogen-bond donors (Lipinski definition) is 2. The van der Waals surface area contributed by atoms with E-state index in [2.05, 4.69) is 49.4 Å². The van der Waals surface area contributed by atoms with Gasteiger partial charge in [-0.2, -0.15) is 0 Å². The zero-order chi connectivity index (χ0) is 32.2. The molecule has 2 heterocycles. The number of nitrogens with one attached hydrogen (secondary N) is 2.